The van der Waals surface area contributed by atoms with E-state index >= 15 is 0 Å². The number of nitrogens with zero attached hydrogens (tertiary/aromatic N) is 3. The van der Waals surface area contributed by atoms with Gasteiger partial charge in [-0.3, -0.25) is 14.9 Å². The maximum Gasteiger partial charge on any atom is 0.191 e. The second kappa shape index (κ2) is 10.0. The minimum absolute atomic E-state index is 0. The number of aliphatic imine (C=N–C) groups is 1. The van der Waals surface area contributed by atoms with Crippen LogP contribution in [0.1, 0.15) is 30.7 Å². The van der Waals surface area contributed by atoms with Gasteiger partial charge in [0.25, 0.3) is 0 Å². The highest BCUT2D eigenvalue weighted by Crippen LogP contribution is 2.24. The van der Waals surface area contributed by atoms with E-state index in [-0.39, 0.29) is 29.5 Å². The third-order valence-corrected chi connectivity index (χ3v) is 5.06. The topological polar surface area (TPSA) is 52.6 Å². The molecular weight excluding hydrogens is 449 g/mol. The average Bonchev–Trinajstić information content (AvgIpc) is 2.68. The first kappa shape index (κ1) is 21.6. The molecule has 146 valence electrons. The molecule has 1 aliphatic rings. The number of fused-ring (bicyclic) bond motifs is 1. The van der Waals surface area contributed by atoms with E-state index in [1.54, 1.807) is 7.05 Å². The van der Waals surface area contributed by atoms with Gasteiger partial charge in [0.15, 0.2) is 5.96 Å². The lowest BCUT2D eigenvalue weighted by atomic mass is 9.94. The molecule has 2 heterocycles. The number of benzene rings is 1. The highest BCUT2D eigenvalue weighted by atomic mass is 127. The SMILES string of the molecule is CN=C(NCc1ccccn1)NCC(C)(C)N1CCc2ccccc2C1.I. The maximum atomic E-state index is 4.34. The summed E-state index contributed by atoms with van der Waals surface area (Å²) in [6.45, 7) is 8.17. The molecule has 5 nitrogen and oxygen atoms in total. The number of rotatable bonds is 5. The van der Waals surface area contributed by atoms with Crippen LogP contribution in [0, 0.1) is 0 Å². The second-order valence-corrected chi connectivity index (χ2v) is 7.35. The summed E-state index contributed by atoms with van der Waals surface area (Å²) in [7, 11) is 1.80. The van der Waals surface area contributed by atoms with Gasteiger partial charge in [0.2, 0.25) is 0 Å². The monoisotopic (exact) mass is 479 g/mol. The van der Waals surface area contributed by atoms with Gasteiger partial charge in [-0.15, -0.1) is 24.0 Å². The lowest BCUT2D eigenvalue weighted by molar-refractivity contribution is 0.107. The van der Waals surface area contributed by atoms with Gasteiger partial charge >= 0.3 is 0 Å². The Labute approximate surface area is 179 Å². The molecule has 1 aromatic carbocycles. The molecule has 0 unspecified atom stereocenters. The number of nitrogens with one attached hydrogen (secondary N) is 2. The molecule has 2 N–H and O–H groups in total. The summed E-state index contributed by atoms with van der Waals surface area (Å²) in [6, 6.07) is 14.7. The highest BCUT2D eigenvalue weighted by Gasteiger charge is 2.29. The quantitative estimate of drug-likeness (QED) is 0.393. The van der Waals surface area contributed by atoms with Crippen LogP contribution in [-0.2, 0) is 19.5 Å². The van der Waals surface area contributed by atoms with Crippen LogP contribution < -0.4 is 10.6 Å². The van der Waals surface area contributed by atoms with Crippen molar-refractivity contribution in [2.45, 2.75) is 38.9 Å². The van der Waals surface area contributed by atoms with Crippen molar-refractivity contribution < 1.29 is 0 Å². The molecule has 27 heavy (non-hydrogen) atoms. The fourth-order valence-electron chi connectivity index (χ4n) is 3.32. The molecule has 0 saturated carbocycles. The molecule has 1 aliphatic heterocycles. The van der Waals surface area contributed by atoms with Gasteiger partial charge in [-0.05, 0) is 43.5 Å². The van der Waals surface area contributed by atoms with Crippen molar-refractivity contribution in [2.75, 3.05) is 20.1 Å². The minimum Gasteiger partial charge on any atom is -0.355 e. The molecule has 6 heteroatoms. The zero-order chi connectivity index (χ0) is 18.4. The molecule has 0 aliphatic carbocycles. The Morgan fingerprint density at radius 3 is 2.56 bits per heavy atom. The molecule has 0 radical (unpaired) electrons. The number of hydrogen-bond donors (Lipinski definition) is 2. The zero-order valence-corrected chi connectivity index (χ0v) is 18.7. The van der Waals surface area contributed by atoms with Crippen LogP contribution in [0.15, 0.2) is 53.7 Å². The molecule has 1 aromatic heterocycles. The summed E-state index contributed by atoms with van der Waals surface area (Å²) < 4.78 is 0. The third kappa shape index (κ3) is 5.90. The van der Waals surface area contributed by atoms with Crippen LogP contribution in [0.25, 0.3) is 0 Å². The first-order valence-electron chi connectivity index (χ1n) is 9.25. The van der Waals surface area contributed by atoms with E-state index in [2.05, 4.69) is 63.6 Å². The maximum absolute atomic E-state index is 4.34. The number of halogens is 1. The molecule has 0 spiro atoms. The van der Waals surface area contributed by atoms with E-state index in [0.717, 1.165) is 37.7 Å². The van der Waals surface area contributed by atoms with Gasteiger partial charge in [-0.1, -0.05) is 30.3 Å². The van der Waals surface area contributed by atoms with Crippen LogP contribution in [-0.4, -0.2) is 41.5 Å². The Hall–Kier alpha value is -1.67. The van der Waals surface area contributed by atoms with E-state index in [9.17, 15) is 0 Å². The predicted molar refractivity (Wildman–Crippen MR) is 122 cm³/mol. The molecule has 0 atom stereocenters. The number of aromatic nitrogens is 1. The van der Waals surface area contributed by atoms with E-state index in [1.165, 1.54) is 11.1 Å². The normalized spacial score (nSPS) is 14.9. The van der Waals surface area contributed by atoms with Crippen molar-refractivity contribution in [2.24, 2.45) is 4.99 Å². The summed E-state index contributed by atoms with van der Waals surface area (Å²) >= 11 is 0. The second-order valence-electron chi connectivity index (χ2n) is 7.35. The first-order valence-corrected chi connectivity index (χ1v) is 9.25. The molecule has 2 aromatic rings. The van der Waals surface area contributed by atoms with Gasteiger partial charge in [0.1, 0.15) is 0 Å². The van der Waals surface area contributed by atoms with Gasteiger partial charge in [0, 0.05) is 38.4 Å². The smallest absolute Gasteiger partial charge is 0.191 e. The van der Waals surface area contributed by atoms with Crippen molar-refractivity contribution in [3.63, 3.8) is 0 Å². The van der Waals surface area contributed by atoms with Crippen LogP contribution in [0.4, 0.5) is 0 Å². The number of hydrogen-bond acceptors (Lipinski definition) is 3. The van der Waals surface area contributed by atoms with Gasteiger partial charge in [-0.2, -0.15) is 0 Å². The molecule has 0 saturated heterocycles. The lowest BCUT2D eigenvalue weighted by Gasteiger charge is -2.42. The summed E-state index contributed by atoms with van der Waals surface area (Å²) in [5, 5.41) is 6.81. The summed E-state index contributed by atoms with van der Waals surface area (Å²) in [4.78, 5) is 11.2. The van der Waals surface area contributed by atoms with Crippen molar-refractivity contribution in [3.8, 4) is 0 Å². The van der Waals surface area contributed by atoms with Crippen LogP contribution in [0.5, 0.6) is 0 Å². The number of guanidine groups is 1. The van der Waals surface area contributed by atoms with Crippen molar-refractivity contribution in [1.82, 2.24) is 20.5 Å². The van der Waals surface area contributed by atoms with Crippen LogP contribution >= 0.6 is 24.0 Å². The van der Waals surface area contributed by atoms with Crippen LogP contribution in [0.3, 0.4) is 0 Å². The Balaban J connectivity index is 0.00000261. The van der Waals surface area contributed by atoms with E-state index in [4.69, 9.17) is 0 Å². The average molecular weight is 479 g/mol. The summed E-state index contributed by atoms with van der Waals surface area (Å²) in [6.07, 6.45) is 2.93. The van der Waals surface area contributed by atoms with E-state index < -0.39 is 0 Å². The van der Waals surface area contributed by atoms with Gasteiger partial charge in [-0.25, -0.2) is 0 Å². The van der Waals surface area contributed by atoms with Gasteiger partial charge < -0.3 is 10.6 Å². The minimum atomic E-state index is 0. The fraction of sp³-hybridized carbons (Fsp3) is 0.429. The molecule has 0 bridgehead atoms. The molecule has 0 amide bonds. The molecule has 3 rings (SSSR count). The Morgan fingerprint density at radius 2 is 1.85 bits per heavy atom. The van der Waals surface area contributed by atoms with Crippen LogP contribution in [0.2, 0.25) is 0 Å². The van der Waals surface area contributed by atoms with E-state index in [0.29, 0.717) is 6.54 Å². The standard InChI is InChI=1S/C21H29N5.HI/c1-21(2,26-13-11-17-8-4-5-9-18(17)15-26)16-25-20(22-3)24-14-19-10-6-7-12-23-19;/h4-10,12H,11,13-16H2,1-3H3,(H2,22,24,25);1H. The lowest BCUT2D eigenvalue weighted by Crippen LogP contribution is -2.54. The predicted octanol–water partition coefficient (Wildman–Crippen LogP) is 3.20. The molecule has 0 fully saturated rings. The Kier molecular flexibility index (Phi) is 8.04. The van der Waals surface area contributed by atoms with Crippen molar-refractivity contribution in [1.29, 1.82) is 0 Å². The highest BCUT2D eigenvalue weighted by molar-refractivity contribution is 14.0. The summed E-state index contributed by atoms with van der Waals surface area (Å²) in [5.41, 5.74) is 3.98. The van der Waals surface area contributed by atoms with Crippen molar-refractivity contribution >= 4 is 29.9 Å². The third-order valence-electron chi connectivity index (χ3n) is 5.06. The summed E-state index contributed by atoms with van der Waals surface area (Å²) in [5.74, 6) is 0.807. The van der Waals surface area contributed by atoms with E-state index in [1.807, 2.05) is 24.4 Å². The zero-order valence-electron chi connectivity index (χ0n) is 16.4. The fourth-order valence-corrected chi connectivity index (χ4v) is 3.32. The Bertz CT molecular complexity index is 745. The number of pyridine rings is 1. The largest absolute Gasteiger partial charge is 0.355 e. The Morgan fingerprint density at radius 1 is 1.11 bits per heavy atom. The van der Waals surface area contributed by atoms with Gasteiger partial charge in [0.05, 0.1) is 12.2 Å². The first-order chi connectivity index (χ1) is 12.6. The molecular formula is C21H30IN5. The van der Waals surface area contributed by atoms with Crippen molar-refractivity contribution in [3.05, 3.63) is 65.5 Å².